The van der Waals surface area contributed by atoms with Gasteiger partial charge in [-0.2, -0.15) is 0 Å². The molecule has 100 valence electrons. The number of anilines is 1. The summed E-state index contributed by atoms with van der Waals surface area (Å²) in [6.45, 7) is 1.18. The van der Waals surface area contributed by atoms with Crippen LogP contribution in [0.15, 0.2) is 24.3 Å². The van der Waals surface area contributed by atoms with Crippen molar-refractivity contribution in [1.29, 1.82) is 0 Å². The first-order valence-electron chi connectivity index (χ1n) is 5.87. The molecule has 1 aromatic carbocycles. The van der Waals surface area contributed by atoms with Gasteiger partial charge in [0, 0.05) is 6.54 Å². The molecule has 0 atom stereocenters. The van der Waals surface area contributed by atoms with Crippen LogP contribution in [0.5, 0.6) is 5.75 Å². The maximum Gasteiger partial charge on any atom is 0.344 e. The van der Waals surface area contributed by atoms with Crippen molar-refractivity contribution in [3.63, 3.8) is 0 Å². The zero-order valence-electron chi connectivity index (χ0n) is 10.9. The molecular formula is C13H20N2O3. The van der Waals surface area contributed by atoms with E-state index in [1.54, 1.807) is 18.2 Å². The van der Waals surface area contributed by atoms with Crippen LogP contribution in [0.2, 0.25) is 0 Å². The minimum absolute atomic E-state index is 0.115. The molecule has 1 aromatic rings. The van der Waals surface area contributed by atoms with Gasteiger partial charge in [-0.3, -0.25) is 0 Å². The number of hydrogen-bond donors (Lipinski definition) is 1. The Bertz CT molecular complexity index is 380. The molecule has 0 spiro atoms. The van der Waals surface area contributed by atoms with Crippen molar-refractivity contribution in [2.24, 2.45) is 0 Å². The monoisotopic (exact) mass is 252 g/mol. The van der Waals surface area contributed by atoms with Crippen molar-refractivity contribution in [3.8, 4) is 5.75 Å². The van der Waals surface area contributed by atoms with Crippen LogP contribution in [-0.4, -0.2) is 44.7 Å². The third-order valence-corrected chi connectivity index (χ3v) is 2.28. The summed E-state index contributed by atoms with van der Waals surface area (Å²) in [5.41, 5.74) is 6.19. The SMILES string of the molecule is CN(C)CCCOC(=O)COc1ccccc1N. The Morgan fingerprint density at radius 1 is 1.33 bits per heavy atom. The first-order chi connectivity index (χ1) is 8.59. The molecule has 0 unspecified atom stereocenters. The highest BCUT2D eigenvalue weighted by Crippen LogP contribution is 2.19. The maximum atomic E-state index is 11.4. The Labute approximate surface area is 107 Å². The molecule has 0 saturated heterocycles. The molecule has 0 heterocycles. The van der Waals surface area contributed by atoms with Crippen molar-refractivity contribution in [3.05, 3.63) is 24.3 Å². The van der Waals surface area contributed by atoms with E-state index in [9.17, 15) is 4.79 Å². The normalized spacial score (nSPS) is 10.4. The highest BCUT2D eigenvalue weighted by Gasteiger charge is 2.05. The molecule has 2 N–H and O–H groups in total. The fourth-order valence-corrected chi connectivity index (χ4v) is 1.36. The summed E-state index contributed by atoms with van der Waals surface area (Å²) in [5, 5.41) is 0. The molecule has 5 nitrogen and oxygen atoms in total. The summed E-state index contributed by atoms with van der Waals surface area (Å²) in [5.74, 6) is 0.125. The molecule has 0 radical (unpaired) electrons. The summed E-state index contributed by atoms with van der Waals surface area (Å²) in [7, 11) is 3.95. The molecule has 0 amide bonds. The van der Waals surface area contributed by atoms with Crippen molar-refractivity contribution >= 4 is 11.7 Å². The lowest BCUT2D eigenvalue weighted by Crippen LogP contribution is -2.19. The molecule has 0 saturated carbocycles. The number of benzene rings is 1. The molecule has 0 aliphatic rings. The van der Waals surface area contributed by atoms with Gasteiger partial charge in [0.1, 0.15) is 5.75 Å². The summed E-state index contributed by atoms with van der Waals surface area (Å²) in [6, 6.07) is 7.04. The third-order valence-electron chi connectivity index (χ3n) is 2.28. The summed E-state index contributed by atoms with van der Waals surface area (Å²) in [4.78, 5) is 13.4. The van der Waals surface area contributed by atoms with Gasteiger partial charge in [0.05, 0.1) is 12.3 Å². The number of rotatable bonds is 7. The van der Waals surface area contributed by atoms with Gasteiger partial charge < -0.3 is 20.1 Å². The lowest BCUT2D eigenvalue weighted by Gasteiger charge is -2.10. The minimum Gasteiger partial charge on any atom is -0.480 e. The van der Waals surface area contributed by atoms with E-state index in [-0.39, 0.29) is 12.6 Å². The van der Waals surface area contributed by atoms with E-state index < -0.39 is 0 Å². The number of para-hydroxylation sites is 2. The second-order valence-corrected chi connectivity index (χ2v) is 4.20. The van der Waals surface area contributed by atoms with E-state index in [1.807, 2.05) is 25.1 Å². The Balaban J connectivity index is 2.19. The fourth-order valence-electron chi connectivity index (χ4n) is 1.36. The van der Waals surface area contributed by atoms with E-state index in [2.05, 4.69) is 0 Å². The van der Waals surface area contributed by atoms with Crippen LogP contribution < -0.4 is 10.5 Å². The first kappa shape index (κ1) is 14.3. The predicted molar refractivity (Wildman–Crippen MR) is 70.5 cm³/mol. The van der Waals surface area contributed by atoms with Crippen molar-refractivity contribution in [2.75, 3.05) is 39.6 Å². The van der Waals surface area contributed by atoms with Crippen LogP contribution in [0.25, 0.3) is 0 Å². The van der Waals surface area contributed by atoms with Gasteiger partial charge in [0.2, 0.25) is 0 Å². The molecule has 0 aliphatic heterocycles. The lowest BCUT2D eigenvalue weighted by molar-refractivity contribution is -0.146. The summed E-state index contributed by atoms with van der Waals surface area (Å²) in [6.07, 6.45) is 0.812. The Morgan fingerprint density at radius 2 is 2.06 bits per heavy atom. The largest absolute Gasteiger partial charge is 0.480 e. The van der Waals surface area contributed by atoms with Gasteiger partial charge >= 0.3 is 5.97 Å². The first-order valence-corrected chi connectivity index (χ1v) is 5.87. The highest BCUT2D eigenvalue weighted by molar-refractivity contribution is 5.71. The highest BCUT2D eigenvalue weighted by atomic mass is 16.6. The molecule has 1 rings (SSSR count). The van der Waals surface area contributed by atoms with Gasteiger partial charge in [0.25, 0.3) is 0 Å². The zero-order chi connectivity index (χ0) is 13.4. The van der Waals surface area contributed by atoms with Crippen LogP contribution in [0, 0.1) is 0 Å². The molecule has 0 aliphatic carbocycles. The van der Waals surface area contributed by atoms with Crippen molar-refractivity contribution in [1.82, 2.24) is 4.90 Å². The summed E-state index contributed by atoms with van der Waals surface area (Å²) >= 11 is 0. The Morgan fingerprint density at radius 3 is 2.72 bits per heavy atom. The van der Waals surface area contributed by atoms with Gasteiger partial charge in [-0.1, -0.05) is 12.1 Å². The predicted octanol–water partition coefficient (Wildman–Crippen LogP) is 1.14. The van der Waals surface area contributed by atoms with Gasteiger partial charge in [-0.25, -0.2) is 4.79 Å². The number of carbonyl (C=O) groups excluding carboxylic acids is 1. The molecule has 0 aromatic heterocycles. The molecule has 0 bridgehead atoms. The fraction of sp³-hybridized carbons (Fsp3) is 0.462. The van der Waals surface area contributed by atoms with Crippen molar-refractivity contribution < 1.29 is 14.3 Å². The van der Waals surface area contributed by atoms with E-state index in [1.165, 1.54) is 0 Å². The maximum absolute atomic E-state index is 11.4. The van der Waals surface area contributed by atoms with Gasteiger partial charge in [-0.15, -0.1) is 0 Å². The second kappa shape index (κ2) is 7.55. The second-order valence-electron chi connectivity index (χ2n) is 4.20. The molecule has 5 heteroatoms. The van der Waals surface area contributed by atoms with Crippen LogP contribution >= 0.6 is 0 Å². The smallest absolute Gasteiger partial charge is 0.344 e. The van der Waals surface area contributed by atoms with Gasteiger partial charge in [-0.05, 0) is 32.6 Å². The van der Waals surface area contributed by atoms with E-state index in [0.29, 0.717) is 18.0 Å². The van der Waals surface area contributed by atoms with Crippen LogP contribution in [0.3, 0.4) is 0 Å². The number of nitrogen functional groups attached to an aromatic ring is 1. The number of nitrogens with two attached hydrogens (primary N) is 1. The third kappa shape index (κ3) is 5.54. The van der Waals surface area contributed by atoms with E-state index >= 15 is 0 Å². The van der Waals surface area contributed by atoms with Crippen LogP contribution in [0.1, 0.15) is 6.42 Å². The average Bonchev–Trinajstić information content (AvgIpc) is 2.33. The standard InChI is InChI=1S/C13H20N2O3/c1-15(2)8-5-9-17-13(16)10-18-12-7-4-3-6-11(12)14/h3-4,6-7H,5,8-10,14H2,1-2H3. The quantitative estimate of drug-likeness (QED) is 0.448. The number of esters is 1. The van der Waals surface area contributed by atoms with Gasteiger partial charge in [0.15, 0.2) is 6.61 Å². The average molecular weight is 252 g/mol. The molecule has 0 fully saturated rings. The Hall–Kier alpha value is -1.75. The topological polar surface area (TPSA) is 64.8 Å². The number of carbonyl (C=O) groups is 1. The molecular weight excluding hydrogens is 232 g/mol. The summed E-state index contributed by atoms with van der Waals surface area (Å²) < 4.78 is 10.3. The van der Waals surface area contributed by atoms with E-state index in [0.717, 1.165) is 13.0 Å². The van der Waals surface area contributed by atoms with Crippen LogP contribution in [0.4, 0.5) is 5.69 Å². The minimum atomic E-state index is -0.378. The number of nitrogens with zero attached hydrogens (tertiary/aromatic N) is 1. The number of ether oxygens (including phenoxy) is 2. The van der Waals surface area contributed by atoms with Crippen molar-refractivity contribution in [2.45, 2.75) is 6.42 Å². The van der Waals surface area contributed by atoms with Crippen LogP contribution in [-0.2, 0) is 9.53 Å². The lowest BCUT2D eigenvalue weighted by atomic mass is 10.3. The number of hydrogen-bond acceptors (Lipinski definition) is 5. The zero-order valence-corrected chi connectivity index (χ0v) is 10.9. The molecule has 18 heavy (non-hydrogen) atoms. The van der Waals surface area contributed by atoms with E-state index in [4.69, 9.17) is 15.2 Å². The Kier molecular flexibility index (Phi) is 6.00.